The number of nitriles is 1. The standard InChI is InChI=1S/C14H11F2NS/c1-14(9-17,8-11-3-2-6-18-11)10-4-5-12(15)13(16)7-10/h2-7H,8H2,1H3. The fraction of sp³-hybridized carbons (Fsp3) is 0.214. The number of thiophene rings is 1. The van der Waals surface area contributed by atoms with Crippen molar-refractivity contribution in [1.29, 1.82) is 5.26 Å². The van der Waals surface area contributed by atoms with Crippen LogP contribution in [0.15, 0.2) is 35.7 Å². The fourth-order valence-corrected chi connectivity index (χ4v) is 2.67. The van der Waals surface area contributed by atoms with Crippen molar-refractivity contribution >= 4 is 11.3 Å². The van der Waals surface area contributed by atoms with Crippen LogP contribution in [0, 0.1) is 23.0 Å². The summed E-state index contributed by atoms with van der Waals surface area (Å²) in [6.45, 7) is 1.74. The average Bonchev–Trinajstić information content (AvgIpc) is 2.85. The van der Waals surface area contributed by atoms with Gasteiger partial charge in [-0.3, -0.25) is 0 Å². The van der Waals surface area contributed by atoms with E-state index in [1.165, 1.54) is 6.07 Å². The predicted octanol–water partition coefficient (Wildman–Crippen LogP) is 4.05. The summed E-state index contributed by atoms with van der Waals surface area (Å²) in [5.74, 6) is -1.81. The van der Waals surface area contributed by atoms with Crippen LogP contribution in [0.2, 0.25) is 0 Å². The van der Waals surface area contributed by atoms with Crippen molar-refractivity contribution in [3.63, 3.8) is 0 Å². The van der Waals surface area contributed by atoms with Crippen molar-refractivity contribution < 1.29 is 8.78 Å². The van der Waals surface area contributed by atoms with Crippen LogP contribution in [-0.2, 0) is 11.8 Å². The van der Waals surface area contributed by atoms with E-state index in [2.05, 4.69) is 6.07 Å². The summed E-state index contributed by atoms with van der Waals surface area (Å²) in [6, 6.07) is 9.67. The van der Waals surface area contributed by atoms with Gasteiger partial charge in [0.1, 0.15) is 0 Å². The highest BCUT2D eigenvalue weighted by atomic mass is 32.1. The highest BCUT2D eigenvalue weighted by Crippen LogP contribution is 2.30. The van der Waals surface area contributed by atoms with E-state index in [4.69, 9.17) is 0 Å². The Balaban J connectivity index is 2.37. The van der Waals surface area contributed by atoms with Gasteiger partial charge in [0, 0.05) is 11.3 Å². The molecule has 18 heavy (non-hydrogen) atoms. The van der Waals surface area contributed by atoms with Gasteiger partial charge in [0.2, 0.25) is 0 Å². The van der Waals surface area contributed by atoms with Gasteiger partial charge in [0.05, 0.1) is 11.5 Å². The Morgan fingerprint density at radius 2 is 2.06 bits per heavy atom. The lowest BCUT2D eigenvalue weighted by Gasteiger charge is -2.21. The summed E-state index contributed by atoms with van der Waals surface area (Å²) in [5, 5.41) is 11.3. The normalized spacial score (nSPS) is 13.9. The fourth-order valence-electron chi connectivity index (χ4n) is 1.81. The van der Waals surface area contributed by atoms with Gasteiger partial charge in [0.25, 0.3) is 0 Å². The third kappa shape index (κ3) is 2.41. The number of hydrogen-bond acceptors (Lipinski definition) is 2. The molecule has 0 fully saturated rings. The van der Waals surface area contributed by atoms with Gasteiger partial charge in [-0.1, -0.05) is 12.1 Å². The lowest BCUT2D eigenvalue weighted by atomic mass is 9.80. The molecular formula is C14H11F2NS. The van der Waals surface area contributed by atoms with Gasteiger partial charge in [-0.2, -0.15) is 5.26 Å². The first-order chi connectivity index (χ1) is 8.55. The summed E-state index contributed by atoms with van der Waals surface area (Å²) in [5.41, 5.74) is -0.350. The SMILES string of the molecule is CC(C#N)(Cc1cccs1)c1ccc(F)c(F)c1. The van der Waals surface area contributed by atoms with Crippen LogP contribution in [0.3, 0.4) is 0 Å². The minimum Gasteiger partial charge on any atom is -0.204 e. The van der Waals surface area contributed by atoms with Gasteiger partial charge >= 0.3 is 0 Å². The Labute approximate surface area is 108 Å². The monoisotopic (exact) mass is 263 g/mol. The summed E-state index contributed by atoms with van der Waals surface area (Å²) < 4.78 is 26.2. The van der Waals surface area contributed by atoms with Crippen molar-refractivity contribution in [1.82, 2.24) is 0 Å². The molecule has 1 heterocycles. The van der Waals surface area contributed by atoms with E-state index in [1.54, 1.807) is 18.3 Å². The highest BCUT2D eigenvalue weighted by Gasteiger charge is 2.28. The Morgan fingerprint density at radius 3 is 2.61 bits per heavy atom. The van der Waals surface area contributed by atoms with E-state index in [0.717, 1.165) is 17.0 Å². The molecule has 1 aromatic carbocycles. The van der Waals surface area contributed by atoms with Gasteiger partial charge in [0.15, 0.2) is 11.6 Å². The summed E-state index contributed by atoms with van der Waals surface area (Å²) in [4.78, 5) is 1.05. The molecule has 0 spiro atoms. The largest absolute Gasteiger partial charge is 0.204 e. The highest BCUT2D eigenvalue weighted by molar-refractivity contribution is 7.09. The number of benzene rings is 1. The quantitative estimate of drug-likeness (QED) is 0.819. The second-order valence-electron chi connectivity index (χ2n) is 4.33. The summed E-state index contributed by atoms with van der Waals surface area (Å²) in [6.07, 6.45) is 0.492. The topological polar surface area (TPSA) is 23.8 Å². The van der Waals surface area contributed by atoms with Crippen LogP contribution in [0.1, 0.15) is 17.4 Å². The lowest BCUT2D eigenvalue weighted by Crippen LogP contribution is -2.22. The van der Waals surface area contributed by atoms with Crippen molar-refractivity contribution in [3.8, 4) is 6.07 Å². The summed E-state index contributed by atoms with van der Waals surface area (Å²) in [7, 11) is 0. The van der Waals surface area contributed by atoms with Gasteiger partial charge < -0.3 is 0 Å². The molecule has 2 rings (SSSR count). The molecule has 1 aromatic heterocycles. The molecule has 0 aliphatic carbocycles. The molecular weight excluding hydrogens is 252 g/mol. The molecule has 0 amide bonds. The van der Waals surface area contributed by atoms with Crippen LogP contribution in [0.4, 0.5) is 8.78 Å². The minimum atomic E-state index is -0.917. The van der Waals surface area contributed by atoms with Crippen LogP contribution < -0.4 is 0 Å². The van der Waals surface area contributed by atoms with E-state index < -0.39 is 17.0 Å². The molecule has 0 N–H and O–H groups in total. The maximum Gasteiger partial charge on any atom is 0.159 e. The Morgan fingerprint density at radius 1 is 1.28 bits per heavy atom. The molecule has 0 bridgehead atoms. The van der Waals surface area contributed by atoms with Crippen LogP contribution in [-0.4, -0.2) is 0 Å². The molecule has 4 heteroatoms. The average molecular weight is 263 g/mol. The van der Waals surface area contributed by atoms with E-state index in [-0.39, 0.29) is 0 Å². The molecule has 1 nitrogen and oxygen atoms in total. The number of rotatable bonds is 3. The molecule has 1 unspecified atom stereocenters. The first kappa shape index (κ1) is 12.7. The molecule has 0 aliphatic heterocycles. The van der Waals surface area contributed by atoms with Crippen molar-refractivity contribution in [2.75, 3.05) is 0 Å². The molecule has 0 radical (unpaired) electrons. The van der Waals surface area contributed by atoms with E-state index >= 15 is 0 Å². The Hall–Kier alpha value is -1.73. The zero-order chi connectivity index (χ0) is 13.2. The molecule has 92 valence electrons. The number of hydrogen-bond donors (Lipinski definition) is 0. The van der Waals surface area contributed by atoms with Crippen LogP contribution >= 0.6 is 11.3 Å². The van der Waals surface area contributed by atoms with Gasteiger partial charge in [-0.05, 0) is 36.1 Å². The number of nitrogens with zero attached hydrogens (tertiary/aromatic N) is 1. The first-order valence-corrected chi connectivity index (χ1v) is 6.32. The second-order valence-corrected chi connectivity index (χ2v) is 5.36. The second kappa shape index (κ2) is 4.87. The van der Waals surface area contributed by atoms with Crippen LogP contribution in [0.5, 0.6) is 0 Å². The van der Waals surface area contributed by atoms with Crippen molar-refractivity contribution in [2.45, 2.75) is 18.8 Å². The lowest BCUT2D eigenvalue weighted by molar-refractivity contribution is 0.501. The number of halogens is 2. The third-order valence-electron chi connectivity index (χ3n) is 2.91. The van der Waals surface area contributed by atoms with E-state index in [9.17, 15) is 14.0 Å². The zero-order valence-electron chi connectivity index (χ0n) is 9.78. The van der Waals surface area contributed by atoms with Crippen molar-refractivity contribution in [2.24, 2.45) is 0 Å². The van der Waals surface area contributed by atoms with Crippen molar-refractivity contribution in [3.05, 3.63) is 57.8 Å². The van der Waals surface area contributed by atoms with Gasteiger partial charge in [-0.25, -0.2) is 8.78 Å². The molecule has 0 saturated heterocycles. The minimum absolute atomic E-state index is 0.492. The smallest absolute Gasteiger partial charge is 0.159 e. The maximum absolute atomic E-state index is 13.2. The Bertz CT molecular complexity index is 586. The molecule has 2 aromatic rings. The zero-order valence-corrected chi connectivity index (χ0v) is 10.6. The first-order valence-electron chi connectivity index (χ1n) is 5.44. The van der Waals surface area contributed by atoms with Crippen LogP contribution in [0.25, 0.3) is 0 Å². The van der Waals surface area contributed by atoms with Gasteiger partial charge in [-0.15, -0.1) is 11.3 Å². The Kier molecular flexibility index (Phi) is 3.44. The molecule has 0 saturated carbocycles. The van der Waals surface area contributed by atoms with E-state index in [1.807, 2.05) is 17.5 Å². The van der Waals surface area contributed by atoms with E-state index in [0.29, 0.717) is 12.0 Å². The molecule has 1 atom stereocenters. The third-order valence-corrected chi connectivity index (χ3v) is 3.79. The maximum atomic E-state index is 13.2. The molecule has 0 aliphatic rings. The predicted molar refractivity (Wildman–Crippen MR) is 67.3 cm³/mol. The summed E-state index contributed by atoms with van der Waals surface area (Å²) >= 11 is 1.55.